The first-order chi connectivity index (χ1) is 12.0. The number of fused-ring (bicyclic) bond motifs is 1. The largest absolute Gasteiger partial charge is 0.367 e. The highest BCUT2D eigenvalue weighted by Crippen LogP contribution is 2.28. The van der Waals surface area contributed by atoms with Crippen molar-refractivity contribution in [3.05, 3.63) is 45.0 Å². The van der Waals surface area contributed by atoms with E-state index in [0.29, 0.717) is 31.1 Å². The number of nitrogens with zero attached hydrogens (tertiary/aromatic N) is 2. The van der Waals surface area contributed by atoms with Crippen LogP contribution in [0.25, 0.3) is 11.0 Å². The number of rotatable bonds is 3. The maximum absolute atomic E-state index is 12.8. The van der Waals surface area contributed by atoms with E-state index in [1.54, 1.807) is 15.8 Å². The lowest BCUT2D eigenvalue weighted by Gasteiger charge is -2.35. The topological polar surface area (TPSA) is 89.3 Å². The van der Waals surface area contributed by atoms with Crippen molar-refractivity contribution in [3.8, 4) is 0 Å². The Morgan fingerprint density at radius 1 is 1.08 bits per heavy atom. The van der Waals surface area contributed by atoms with Gasteiger partial charge in [-0.15, -0.1) is 11.3 Å². The van der Waals surface area contributed by atoms with E-state index in [4.69, 9.17) is 0 Å². The lowest BCUT2D eigenvalue weighted by atomic mass is 10.2. The molecule has 2 N–H and O–H groups in total. The number of aromatic nitrogens is 2. The molecule has 1 aromatic carbocycles. The number of aryl methyl sites for hydroxylation is 1. The Hall–Kier alpha value is -2.10. The first kappa shape index (κ1) is 16.4. The van der Waals surface area contributed by atoms with Crippen LogP contribution >= 0.6 is 11.3 Å². The van der Waals surface area contributed by atoms with Crippen LogP contribution in [0.15, 0.2) is 39.3 Å². The zero-order chi connectivity index (χ0) is 17.6. The molecule has 0 unspecified atom stereocenters. The third-order valence-corrected chi connectivity index (χ3v) is 7.56. The average Bonchev–Trinajstić information content (AvgIpc) is 3.19. The van der Waals surface area contributed by atoms with Gasteiger partial charge < -0.3 is 14.9 Å². The van der Waals surface area contributed by atoms with Gasteiger partial charge in [0, 0.05) is 31.1 Å². The first-order valence-corrected chi connectivity index (χ1v) is 10.3. The maximum atomic E-state index is 12.8. The monoisotopic (exact) mass is 378 g/mol. The van der Waals surface area contributed by atoms with Crippen molar-refractivity contribution in [2.75, 3.05) is 31.1 Å². The van der Waals surface area contributed by atoms with Gasteiger partial charge in [0.15, 0.2) is 0 Å². The molecule has 1 aliphatic rings. The fourth-order valence-corrected chi connectivity index (χ4v) is 5.92. The quantitative estimate of drug-likeness (QED) is 0.726. The van der Waals surface area contributed by atoms with Gasteiger partial charge in [0.2, 0.25) is 10.0 Å². The van der Waals surface area contributed by atoms with Gasteiger partial charge in [0.1, 0.15) is 0 Å². The summed E-state index contributed by atoms with van der Waals surface area (Å²) in [5.41, 5.74) is 2.19. The van der Waals surface area contributed by atoms with Gasteiger partial charge >= 0.3 is 5.69 Å². The molecule has 0 radical (unpaired) electrons. The Morgan fingerprint density at radius 3 is 2.52 bits per heavy atom. The summed E-state index contributed by atoms with van der Waals surface area (Å²) in [6.45, 7) is 3.82. The zero-order valence-electron chi connectivity index (χ0n) is 13.7. The molecule has 0 saturated carbocycles. The lowest BCUT2D eigenvalue weighted by Crippen LogP contribution is -2.48. The summed E-state index contributed by atoms with van der Waals surface area (Å²) in [6, 6.07) is 7.35. The molecule has 9 heteroatoms. The van der Waals surface area contributed by atoms with E-state index in [9.17, 15) is 13.2 Å². The Labute approximate surface area is 149 Å². The molecule has 0 spiro atoms. The number of H-pyrrole nitrogens is 2. The van der Waals surface area contributed by atoms with Crippen LogP contribution in [0.2, 0.25) is 0 Å². The van der Waals surface area contributed by atoms with Crippen molar-refractivity contribution >= 4 is 38.1 Å². The predicted molar refractivity (Wildman–Crippen MR) is 98.9 cm³/mol. The van der Waals surface area contributed by atoms with Crippen molar-refractivity contribution in [1.82, 2.24) is 14.3 Å². The Bertz CT molecular complexity index is 1070. The van der Waals surface area contributed by atoms with E-state index in [1.807, 2.05) is 25.1 Å². The van der Waals surface area contributed by atoms with E-state index < -0.39 is 10.0 Å². The molecule has 0 amide bonds. The summed E-state index contributed by atoms with van der Waals surface area (Å²) in [6.07, 6.45) is 0. The number of anilines is 1. The van der Waals surface area contributed by atoms with Crippen LogP contribution in [-0.2, 0) is 10.0 Å². The van der Waals surface area contributed by atoms with E-state index >= 15 is 0 Å². The number of piperazine rings is 1. The molecule has 1 saturated heterocycles. The molecule has 3 heterocycles. The summed E-state index contributed by atoms with van der Waals surface area (Å²) >= 11 is 1.44. The van der Waals surface area contributed by atoms with E-state index in [0.717, 1.165) is 21.6 Å². The lowest BCUT2D eigenvalue weighted by molar-refractivity contribution is 0.385. The van der Waals surface area contributed by atoms with Gasteiger partial charge in [-0.2, -0.15) is 4.31 Å². The molecule has 25 heavy (non-hydrogen) atoms. The molecule has 4 rings (SSSR count). The van der Waals surface area contributed by atoms with Crippen LogP contribution < -0.4 is 10.6 Å². The third kappa shape index (κ3) is 2.78. The number of benzene rings is 1. The van der Waals surface area contributed by atoms with Crippen molar-refractivity contribution in [2.45, 2.75) is 11.8 Å². The molecule has 0 bridgehead atoms. The van der Waals surface area contributed by atoms with Crippen LogP contribution in [0.3, 0.4) is 0 Å². The number of aromatic amines is 2. The highest BCUT2D eigenvalue weighted by molar-refractivity contribution is 7.89. The first-order valence-electron chi connectivity index (χ1n) is 7.97. The van der Waals surface area contributed by atoms with Crippen LogP contribution in [0.1, 0.15) is 4.88 Å². The van der Waals surface area contributed by atoms with E-state index in [-0.39, 0.29) is 5.69 Å². The van der Waals surface area contributed by atoms with Gasteiger partial charge in [0.05, 0.1) is 21.6 Å². The summed E-state index contributed by atoms with van der Waals surface area (Å²) in [5.74, 6) is 0. The zero-order valence-corrected chi connectivity index (χ0v) is 15.3. The molecule has 2 aromatic heterocycles. The molecule has 132 valence electrons. The van der Waals surface area contributed by atoms with Gasteiger partial charge in [-0.05, 0) is 30.5 Å². The Balaban J connectivity index is 1.57. The van der Waals surface area contributed by atoms with Crippen LogP contribution in [0.5, 0.6) is 0 Å². The Kier molecular flexibility index (Phi) is 3.94. The van der Waals surface area contributed by atoms with E-state index in [2.05, 4.69) is 14.9 Å². The molecule has 3 aromatic rings. The number of hydrogen-bond acceptors (Lipinski definition) is 5. The number of para-hydroxylation sites is 1. The molecular weight excluding hydrogens is 360 g/mol. The van der Waals surface area contributed by atoms with Crippen LogP contribution in [-0.4, -0.2) is 48.9 Å². The van der Waals surface area contributed by atoms with Crippen molar-refractivity contribution in [2.24, 2.45) is 0 Å². The minimum absolute atomic E-state index is 0.239. The second-order valence-electron chi connectivity index (χ2n) is 6.01. The number of thiophene rings is 1. The molecule has 0 atom stereocenters. The Morgan fingerprint density at radius 2 is 1.84 bits per heavy atom. The number of nitrogens with one attached hydrogen (secondary N) is 2. The van der Waals surface area contributed by atoms with Crippen LogP contribution in [0.4, 0.5) is 5.69 Å². The molecule has 7 nitrogen and oxygen atoms in total. The second kappa shape index (κ2) is 6.01. The molecule has 1 fully saturated rings. The molecule has 0 aliphatic carbocycles. The highest BCUT2D eigenvalue weighted by Gasteiger charge is 2.30. The SMILES string of the molecule is Cc1sccc1S(=O)(=O)N1CCN(c2cccc3[nH]c(=O)[nH]c23)CC1. The minimum Gasteiger partial charge on any atom is -0.367 e. The second-order valence-corrected chi connectivity index (χ2v) is 9.04. The fourth-order valence-electron chi connectivity index (χ4n) is 3.26. The van der Waals surface area contributed by atoms with Gasteiger partial charge in [-0.1, -0.05) is 6.07 Å². The van der Waals surface area contributed by atoms with E-state index in [1.165, 1.54) is 11.3 Å². The normalized spacial score (nSPS) is 16.6. The summed E-state index contributed by atoms with van der Waals surface area (Å²) < 4.78 is 27.1. The van der Waals surface area contributed by atoms with Crippen molar-refractivity contribution in [1.29, 1.82) is 0 Å². The summed E-state index contributed by atoms with van der Waals surface area (Å²) in [5, 5.41) is 1.81. The summed E-state index contributed by atoms with van der Waals surface area (Å²) in [7, 11) is -3.44. The van der Waals surface area contributed by atoms with Crippen LogP contribution in [0, 0.1) is 6.92 Å². The van der Waals surface area contributed by atoms with Crippen molar-refractivity contribution < 1.29 is 8.42 Å². The summed E-state index contributed by atoms with van der Waals surface area (Å²) in [4.78, 5) is 20.5. The standard InChI is InChI=1S/C16H18N4O3S2/c1-11-14(5-10-24-11)25(22,23)20-8-6-19(7-9-20)13-4-2-3-12-15(13)18-16(21)17-12/h2-5,10H,6-9H2,1H3,(H2,17,18,21). The van der Waals surface area contributed by atoms with Gasteiger partial charge in [-0.25, -0.2) is 13.2 Å². The van der Waals surface area contributed by atoms with Crippen molar-refractivity contribution in [3.63, 3.8) is 0 Å². The fraction of sp³-hybridized carbons (Fsp3) is 0.312. The predicted octanol–water partition coefficient (Wildman–Crippen LogP) is 1.74. The number of imidazole rings is 1. The minimum atomic E-state index is -3.44. The van der Waals surface area contributed by atoms with Gasteiger partial charge in [0.25, 0.3) is 0 Å². The number of hydrogen-bond donors (Lipinski definition) is 2. The average molecular weight is 378 g/mol. The maximum Gasteiger partial charge on any atom is 0.323 e. The highest BCUT2D eigenvalue weighted by atomic mass is 32.2. The number of sulfonamides is 1. The third-order valence-electron chi connectivity index (χ3n) is 4.54. The molecule has 1 aliphatic heterocycles. The smallest absolute Gasteiger partial charge is 0.323 e. The van der Waals surface area contributed by atoms with Gasteiger partial charge in [-0.3, -0.25) is 0 Å². The molecular formula is C16H18N4O3S2.